The molecule has 5 heteroatoms. The van der Waals surface area contributed by atoms with Gasteiger partial charge in [0.15, 0.2) is 5.75 Å². The molecule has 0 amide bonds. The fraction of sp³-hybridized carbons (Fsp3) is 0.0625. The van der Waals surface area contributed by atoms with Crippen LogP contribution in [-0.4, -0.2) is 0 Å². The van der Waals surface area contributed by atoms with Crippen LogP contribution in [0.1, 0.15) is 11.3 Å². The topological polar surface area (TPSA) is 46.2 Å². The van der Waals surface area contributed by atoms with E-state index in [9.17, 15) is 4.39 Å². The first kappa shape index (κ1) is 13.5. The molecule has 0 saturated carbocycles. The number of furan rings is 1. The first-order valence-electron chi connectivity index (χ1n) is 6.17. The maximum absolute atomic E-state index is 13.7. The molecule has 3 rings (SSSR count). The van der Waals surface area contributed by atoms with Crippen molar-refractivity contribution in [3.05, 3.63) is 64.6 Å². The number of para-hydroxylation sites is 1. The molecule has 0 radical (unpaired) electrons. The zero-order valence-electron chi connectivity index (χ0n) is 10.8. The number of benzene rings is 2. The summed E-state index contributed by atoms with van der Waals surface area (Å²) in [6.07, 6.45) is 0. The van der Waals surface area contributed by atoms with E-state index in [1.54, 1.807) is 18.2 Å². The number of halogens is 2. The van der Waals surface area contributed by atoms with Crippen molar-refractivity contribution in [3.8, 4) is 11.8 Å². The minimum absolute atomic E-state index is 0.0371. The van der Waals surface area contributed by atoms with Gasteiger partial charge in [0, 0.05) is 10.6 Å². The highest BCUT2D eigenvalue weighted by molar-refractivity contribution is 6.30. The molecule has 0 saturated heterocycles. The fourth-order valence-corrected chi connectivity index (χ4v) is 2.24. The third-order valence-corrected chi connectivity index (χ3v) is 3.27. The van der Waals surface area contributed by atoms with Crippen LogP contribution in [0, 0.1) is 17.1 Å². The molecule has 0 aliphatic carbocycles. The standard InChI is InChI=1S/C16H9ClFNO2/c17-11-5-6-13(18)10(7-11)9-20-16-12-3-1-2-4-14(12)21-15(16)8-19/h1-7H,9H2. The van der Waals surface area contributed by atoms with E-state index in [4.69, 9.17) is 26.0 Å². The molecule has 1 heterocycles. The summed E-state index contributed by atoms with van der Waals surface area (Å²) in [6.45, 7) is -0.0371. The molecule has 3 nitrogen and oxygen atoms in total. The SMILES string of the molecule is N#Cc1oc2ccccc2c1OCc1cc(Cl)ccc1F. The molecule has 0 unspecified atom stereocenters. The molecule has 0 fully saturated rings. The largest absolute Gasteiger partial charge is 0.483 e. The van der Waals surface area contributed by atoms with Crippen LogP contribution in [0.15, 0.2) is 46.9 Å². The summed E-state index contributed by atoms with van der Waals surface area (Å²) in [5, 5.41) is 10.2. The number of nitrogens with zero attached hydrogens (tertiary/aromatic N) is 1. The van der Waals surface area contributed by atoms with Gasteiger partial charge in [-0.1, -0.05) is 23.7 Å². The van der Waals surface area contributed by atoms with Crippen LogP contribution in [0.2, 0.25) is 5.02 Å². The van der Waals surface area contributed by atoms with Crippen LogP contribution in [0.25, 0.3) is 11.0 Å². The fourth-order valence-electron chi connectivity index (χ4n) is 2.04. The van der Waals surface area contributed by atoms with Crippen LogP contribution in [0.3, 0.4) is 0 Å². The minimum Gasteiger partial charge on any atom is -0.483 e. The average Bonchev–Trinajstić information content (AvgIpc) is 2.86. The lowest BCUT2D eigenvalue weighted by atomic mass is 10.2. The minimum atomic E-state index is -0.411. The summed E-state index contributed by atoms with van der Waals surface area (Å²) in [6, 6.07) is 13.3. The van der Waals surface area contributed by atoms with Gasteiger partial charge in [0.05, 0.1) is 5.39 Å². The van der Waals surface area contributed by atoms with Gasteiger partial charge in [-0.15, -0.1) is 0 Å². The van der Waals surface area contributed by atoms with Crippen molar-refractivity contribution in [2.75, 3.05) is 0 Å². The molecule has 0 atom stereocenters. The molecule has 21 heavy (non-hydrogen) atoms. The van der Waals surface area contributed by atoms with Gasteiger partial charge >= 0.3 is 0 Å². The number of hydrogen-bond acceptors (Lipinski definition) is 3. The number of ether oxygens (including phenoxy) is 1. The van der Waals surface area contributed by atoms with Crippen molar-refractivity contribution < 1.29 is 13.5 Å². The first-order valence-corrected chi connectivity index (χ1v) is 6.55. The predicted octanol–water partition coefficient (Wildman–Crippen LogP) is 4.68. The highest BCUT2D eigenvalue weighted by Gasteiger charge is 2.15. The molecule has 0 N–H and O–H groups in total. The van der Waals surface area contributed by atoms with Crippen LogP contribution in [-0.2, 0) is 6.61 Å². The van der Waals surface area contributed by atoms with Gasteiger partial charge in [-0.05, 0) is 30.3 Å². The van der Waals surface area contributed by atoms with E-state index < -0.39 is 5.82 Å². The van der Waals surface area contributed by atoms with E-state index in [0.717, 1.165) is 0 Å². The van der Waals surface area contributed by atoms with E-state index in [1.165, 1.54) is 18.2 Å². The van der Waals surface area contributed by atoms with E-state index >= 15 is 0 Å². The van der Waals surface area contributed by atoms with Crippen molar-refractivity contribution in [1.29, 1.82) is 5.26 Å². The summed E-state index contributed by atoms with van der Waals surface area (Å²) < 4.78 is 24.6. The van der Waals surface area contributed by atoms with Crippen LogP contribution < -0.4 is 4.74 Å². The van der Waals surface area contributed by atoms with Gasteiger partial charge < -0.3 is 9.15 Å². The molecule has 3 aromatic rings. The van der Waals surface area contributed by atoms with Gasteiger partial charge in [-0.3, -0.25) is 0 Å². The molecule has 1 aromatic heterocycles. The Bertz CT molecular complexity index is 851. The highest BCUT2D eigenvalue weighted by atomic mass is 35.5. The molecule has 0 aliphatic heterocycles. The van der Waals surface area contributed by atoms with Crippen LogP contribution in [0.4, 0.5) is 4.39 Å². The van der Waals surface area contributed by atoms with Crippen LogP contribution in [0.5, 0.6) is 5.75 Å². The van der Waals surface area contributed by atoms with Crippen molar-refractivity contribution in [3.63, 3.8) is 0 Å². The normalized spacial score (nSPS) is 10.5. The predicted molar refractivity (Wildman–Crippen MR) is 76.7 cm³/mol. The monoisotopic (exact) mass is 301 g/mol. The van der Waals surface area contributed by atoms with Gasteiger partial charge in [-0.2, -0.15) is 5.26 Å². The Balaban J connectivity index is 1.95. The van der Waals surface area contributed by atoms with E-state index in [0.29, 0.717) is 27.3 Å². The lowest BCUT2D eigenvalue weighted by Gasteiger charge is -2.06. The summed E-state index contributed by atoms with van der Waals surface area (Å²) in [5.41, 5.74) is 0.868. The zero-order valence-corrected chi connectivity index (χ0v) is 11.5. The Labute approximate surface area is 125 Å². The van der Waals surface area contributed by atoms with Gasteiger partial charge in [-0.25, -0.2) is 4.39 Å². The number of nitriles is 1. The third-order valence-electron chi connectivity index (χ3n) is 3.03. The Hall–Kier alpha value is -2.51. The lowest BCUT2D eigenvalue weighted by Crippen LogP contribution is -1.99. The number of fused-ring (bicyclic) bond motifs is 1. The second kappa shape index (κ2) is 5.47. The molecular weight excluding hydrogens is 293 g/mol. The molecule has 0 bridgehead atoms. The van der Waals surface area contributed by atoms with E-state index in [1.807, 2.05) is 12.1 Å². The van der Waals surface area contributed by atoms with Gasteiger partial charge in [0.2, 0.25) is 5.76 Å². The van der Waals surface area contributed by atoms with Crippen molar-refractivity contribution >= 4 is 22.6 Å². The maximum atomic E-state index is 13.7. The number of hydrogen-bond donors (Lipinski definition) is 0. The van der Waals surface area contributed by atoms with Crippen molar-refractivity contribution in [2.24, 2.45) is 0 Å². The molecule has 0 aliphatic rings. The van der Waals surface area contributed by atoms with E-state index in [2.05, 4.69) is 0 Å². The molecular formula is C16H9ClFNO2. The van der Waals surface area contributed by atoms with Crippen LogP contribution >= 0.6 is 11.6 Å². The maximum Gasteiger partial charge on any atom is 0.246 e. The summed E-state index contributed by atoms with van der Waals surface area (Å²) in [7, 11) is 0. The van der Waals surface area contributed by atoms with Crippen molar-refractivity contribution in [1.82, 2.24) is 0 Å². The summed E-state index contributed by atoms with van der Waals surface area (Å²) in [4.78, 5) is 0. The third kappa shape index (κ3) is 2.56. The lowest BCUT2D eigenvalue weighted by molar-refractivity contribution is 0.297. The first-order chi connectivity index (χ1) is 10.2. The van der Waals surface area contributed by atoms with E-state index in [-0.39, 0.29) is 12.4 Å². The van der Waals surface area contributed by atoms with Crippen molar-refractivity contribution in [2.45, 2.75) is 6.61 Å². The number of rotatable bonds is 3. The molecule has 2 aromatic carbocycles. The Kier molecular flexibility index (Phi) is 3.51. The summed E-state index contributed by atoms with van der Waals surface area (Å²) in [5.74, 6) is -0.0307. The van der Waals surface area contributed by atoms with Gasteiger partial charge in [0.1, 0.15) is 24.1 Å². The van der Waals surface area contributed by atoms with Gasteiger partial charge in [0.25, 0.3) is 0 Å². The second-order valence-electron chi connectivity index (χ2n) is 4.39. The smallest absolute Gasteiger partial charge is 0.246 e. The Morgan fingerprint density at radius 3 is 2.86 bits per heavy atom. The molecule has 104 valence electrons. The highest BCUT2D eigenvalue weighted by Crippen LogP contribution is 2.33. The summed E-state index contributed by atoms with van der Waals surface area (Å²) >= 11 is 5.84. The molecule has 0 spiro atoms. The average molecular weight is 302 g/mol. The quantitative estimate of drug-likeness (QED) is 0.706. The second-order valence-corrected chi connectivity index (χ2v) is 4.83. The Morgan fingerprint density at radius 1 is 1.24 bits per heavy atom. The zero-order chi connectivity index (χ0) is 14.8. The Morgan fingerprint density at radius 2 is 2.05 bits per heavy atom.